The van der Waals surface area contributed by atoms with Crippen LogP contribution < -0.4 is 10.6 Å². The van der Waals surface area contributed by atoms with E-state index in [-0.39, 0.29) is 20.8 Å². The summed E-state index contributed by atoms with van der Waals surface area (Å²) < 4.78 is 0. The van der Waals surface area contributed by atoms with Gasteiger partial charge in [-0.2, -0.15) is 0 Å². The summed E-state index contributed by atoms with van der Waals surface area (Å²) in [6.45, 7) is 23.1. The third-order valence-corrected chi connectivity index (χ3v) is 7.64. The number of hydrogen-bond acceptors (Lipinski definition) is 6. The van der Waals surface area contributed by atoms with Gasteiger partial charge in [0.05, 0.1) is 5.70 Å². The van der Waals surface area contributed by atoms with Gasteiger partial charge in [0.15, 0.2) is 0 Å². The fourth-order valence-electron chi connectivity index (χ4n) is 4.73. The van der Waals surface area contributed by atoms with Crippen molar-refractivity contribution >= 4 is 17.8 Å². The van der Waals surface area contributed by atoms with Crippen LogP contribution in [0, 0.1) is 12.8 Å². The van der Waals surface area contributed by atoms with Crippen LogP contribution >= 0.6 is 0 Å². The Balaban J connectivity index is 0.00000453. The van der Waals surface area contributed by atoms with Gasteiger partial charge >= 0.3 is 0 Å². The number of hydrogen-bond donors (Lipinski definition) is 2. The third-order valence-electron chi connectivity index (χ3n) is 7.64. The quantitative estimate of drug-likeness (QED) is 0.263. The van der Waals surface area contributed by atoms with E-state index in [9.17, 15) is 4.79 Å². The van der Waals surface area contributed by atoms with Crippen LogP contribution in [0.15, 0.2) is 59.4 Å². The standard InChI is InChI=1S/C33H50N6O.C2H6.2H2/c1-9-37(7)23-32(24(2)3)34-21-26(5)35-27(6)28-11-10-12-31(20-28)36-33(40)29-13-14-30(25(4)19-29)22-39-17-15-38(8)16-18-39;1-2;;/h10-14,19-21,23-24,26-27,35H,9,15-18,22H2,1-8H3,(H,36,40);1-2H3;2*1H/b32-23+,34-21?;;;/t26?,27-;;;/m0.../s1. The van der Waals surface area contributed by atoms with E-state index < -0.39 is 0 Å². The Morgan fingerprint density at radius 3 is 2.38 bits per heavy atom. The molecule has 1 aliphatic heterocycles. The summed E-state index contributed by atoms with van der Waals surface area (Å²) in [4.78, 5) is 24.9. The first-order valence-electron chi connectivity index (χ1n) is 15.7. The van der Waals surface area contributed by atoms with Crippen LogP contribution in [-0.2, 0) is 6.54 Å². The molecular formula is C35H60N6O. The zero-order valence-corrected chi connectivity index (χ0v) is 27.9. The zero-order valence-electron chi connectivity index (χ0n) is 27.9. The smallest absolute Gasteiger partial charge is 0.255 e. The van der Waals surface area contributed by atoms with Gasteiger partial charge in [-0.15, -0.1) is 0 Å². The lowest BCUT2D eigenvalue weighted by atomic mass is 10.0. The molecule has 2 atom stereocenters. The molecular weight excluding hydrogens is 520 g/mol. The predicted octanol–water partition coefficient (Wildman–Crippen LogP) is 7.07. The fourth-order valence-corrected chi connectivity index (χ4v) is 4.73. The molecule has 1 fully saturated rings. The second-order valence-electron chi connectivity index (χ2n) is 11.5. The number of benzene rings is 2. The van der Waals surface area contributed by atoms with Gasteiger partial charge in [-0.05, 0) is 81.6 Å². The van der Waals surface area contributed by atoms with Crippen LogP contribution in [-0.4, -0.2) is 79.7 Å². The summed E-state index contributed by atoms with van der Waals surface area (Å²) in [6.07, 6.45) is 4.10. The molecule has 0 saturated carbocycles. The van der Waals surface area contributed by atoms with E-state index in [1.165, 1.54) is 5.56 Å². The van der Waals surface area contributed by atoms with E-state index >= 15 is 0 Å². The van der Waals surface area contributed by atoms with E-state index in [0.29, 0.717) is 11.5 Å². The summed E-state index contributed by atoms with van der Waals surface area (Å²) in [5.41, 5.74) is 6.10. The first-order valence-corrected chi connectivity index (χ1v) is 15.7. The zero-order chi connectivity index (χ0) is 31.2. The van der Waals surface area contributed by atoms with Gasteiger partial charge in [0.2, 0.25) is 0 Å². The van der Waals surface area contributed by atoms with Crippen LogP contribution in [0.2, 0.25) is 0 Å². The summed E-state index contributed by atoms with van der Waals surface area (Å²) in [5.74, 6) is 0.268. The number of piperazine rings is 1. The number of amides is 1. The van der Waals surface area contributed by atoms with Crippen molar-refractivity contribution in [1.82, 2.24) is 20.0 Å². The van der Waals surface area contributed by atoms with Gasteiger partial charge in [0.1, 0.15) is 0 Å². The Labute approximate surface area is 259 Å². The van der Waals surface area contributed by atoms with Crippen molar-refractivity contribution in [2.24, 2.45) is 10.9 Å². The van der Waals surface area contributed by atoms with Crippen LogP contribution in [0.4, 0.5) is 5.69 Å². The Bertz CT molecular complexity index is 1180. The van der Waals surface area contributed by atoms with Gasteiger partial charge in [0, 0.05) is 84.9 Å². The molecule has 0 spiro atoms. The van der Waals surface area contributed by atoms with Crippen LogP contribution in [0.3, 0.4) is 0 Å². The molecule has 7 nitrogen and oxygen atoms in total. The van der Waals surface area contributed by atoms with Gasteiger partial charge in [0.25, 0.3) is 5.91 Å². The Hall–Kier alpha value is -3.00. The first-order chi connectivity index (χ1) is 20.0. The number of aliphatic imine (C=N–C) groups is 1. The Kier molecular flexibility index (Phi) is 15.0. The van der Waals surface area contributed by atoms with E-state index in [1.807, 2.05) is 50.4 Å². The summed E-state index contributed by atoms with van der Waals surface area (Å²) in [7, 11) is 4.24. The van der Waals surface area contributed by atoms with E-state index in [4.69, 9.17) is 4.99 Å². The maximum absolute atomic E-state index is 13.1. The number of allylic oxidation sites excluding steroid dienone is 1. The van der Waals surface area contributed by atoms with Gasteiger partial charge < -0.3 is 20.4 Å². The molecule has 1 unspecified atom stereocenters. The van der Waals surface area contributed by atoms with Crippen LogP contribution in [0.1, 0.15) is 84.4 Å². The number of nitrogens with one attached hydrogen (secondary N) is 2. The molecule has 1 heterocycles. The topological polar surface area (TPSA) is 63.2 Å². The van der Waals surface area contributed by atoms with Crippen LogP contribution in [0.25, 0.3) is 0 Å². The molecule has 42 heavy (non-hydrogen) atoms. The van der Waals surface area contributed by atoms with Crippen LogP contribution in [0.5, 0.6) is 0 Å². The van der Waals surface area contributed by atoms with Crippen molar-refractivity contribution in [3.05, 3.63) is 76.6 Å². The minimum Gasteiger partial charge on any atom is -0.379 e. The van der Waals surface area contributed by atoms with Crippen molar-refractivity contribution in [2.45, 2.75) is 74.0 Å². The predicted molar refractivity (Wildman–Crippen MR) is 185 cm³/mol. The molecule has 0 aromatic heterocycles. The SMILES string of the molecule is CC.CCN(C)/C=C(/N=CC(C)N[C@@H](C)c1cccc(NC(=O)c2ccc(CN3CCN(C)CC3)c(C)c2)c1)C(C)C.[HH].[HH]. The summed E-state index contributed by atoms with van der Waals surface area (Å²) >= 11 is 0. The molecule has 0 bridgehead atoms. The lowest BCUT2D eigenvalue weighted by Crippen LogP contribution is -2.43. The van der Waals surface area contributed by atoms with E-state index in [0.717, 1.165) is 61.8 Å². The van der Waals surface area contributed by atoms with Gasteiger partial charge in [-0.25, -0.2) is 0 Å². The molecule has 1 saturated heterocycles. The average molecular weight is 581 g/mol. The van der Waals surface area contributed by atoms with E-state index in [2.05, 4.69) is 99.3 Å². The summed E-state index contributed by atoms with van der Waals surface area (Å²) in [5, 5.41) is 6.70. The molecule has 1 amide bonds. The maximum Gasteiger partial charge on any atom is 0.255 e. The molecule has 0 radical (unpaired) electrons. The van der Waals surface area contributed by atoms with E-state index in [1.54, 1.807) is 0 Å². The molecule has 236 valence electrons. The lowest BCUT2D eigenvalue weighted by Gasteiger charge is -2.32. The minimum atomic E-state index is -0.0856. The highest BCUT2D eigenvalue weighted by Gasteiger charge is 2.16. The maximum atomic E-state index is 13.1. The highest BCUT2D eigenvalue weighted by molar-refractivity contribution is 6.04. The van der Waals surface area contributed by atoms with Crippen molar-refractivity contribution in [3.63, 3.8) is 0 Å². The van der Waals surface area contributed by atoms with Gasteiger partial charge in [-0.1, -0.05) is 45.9 Å². The minimum absolute atomic E-state index is 0. The second kappa shape index (κ2) is 17.8. The molecule has 2 aromatic carbocycles. The average Bonchev–Trinajstić information content (AvgIpc) is 2.98. The highest BCUT2D eigenvalue weighted by Crippen LogP contribution is 2.20. The molecule has 3 rings (SSSR count). The normalized spacial score (nSPS) is 16.2. The number of carbonyl (C=O) groups excluding carboxylic acids is 1. The molecule has 2 N–H and O–H groups in total. The number of anilines is 1. The molecule has 2 aromatic rings. The lowest BCUT2D eigenvalue weighted by molar-refractivity contribution is 0.102. The number of carbonyl (C=O) groups is 1. The summed E-state index contributed by atoms with van der Waals surface area (Å²) in [6, 6.07) is 14.3. The third kappa shape index (κ3) is 11.3. The van der Waals surface area contributed by atoms with Gasteiger partial charge in [-0.3, -0.25) is 14.7 Å². The molecule has 7 heteroatoms. The Morgan fingerprint density at radius 2 is 1.76 bits per heavy atom. The monoisotopic (exact) mass is 580 g/mol. The largest absolute Gasteiger partial charge is 0.379 e. The molecule has 1 aliphatic rings. The van der Waals surface area contributed by atoms with Crippen molar-refractivity contribution in [2.75, 3.05) is 52.1 Å². The van der Waals surface area contributed by atoms with Crippen molar-refractivity contribution in [3.8, 4) is 0 Å². The second-order valence-corrected chi connectivity index (χ2v) is 11.5. The van der Waals surface area contributed by atoms with Crippen molar-refractivity contribution in [1.29, 1.82) is 0 Å². The Morgan fingerprint density at radius 1 is 1.07 bits per heavy atom. The van der Waals surface area contributed by atoms with Crippen molar-refractivity contribution < 1.29 is 7.65 Å². The fraction of sp³-hybridized carbons (Fsp3) is 0.543. The number of aryl methyl sites for hydroxylation is 1. The highest BCUT2D eigenvalue weighted by atomic mass is 16.1. The number of rotatable bonds is 12. The molecule has 0 aliphatic carbocycles. The number of nitrogens with zero attached hydrogens (tertiary/aromatic N) is 4. The number of likely N-dealkylation sites (N-methyl/N-ethyl adjacent to an activating group) is 1. The first kappa shape index (κ1) is 35.2.